The predicted octanol–water partition coefficient (Wildman–Crippen LogP) is 3.37. The lowest BCUT2D eigenvalue weighted by atomic mass is 10.1. The van der Waals surface area contributed by atoms with E-state index in [9.17, 15) is 13.6 Å². The summed E-state index contributed by atoms with van der Waals surface area (Å²) in [7, 11) is 0. The predicted molar refractivity (Wildman–Crippen MR) is 83.1 cm³/mol. The highest BCUT2D eigenvalue weighted by Gasteiger charge is 2.23. The van der Waals surface area contributed by atoms with Gasteiger partial charge in [0.2, 0.25) is 0 Å². The molecular formula is C17H20F2N2O2. The van der Waals surface area contributed by atoms with Gasteiger partial charge in [0.15, 0.2) is 0 Å². The maximum Gasteiger partial charge on any atom is 0.257 e. The maximum absolute atomic E-state index is 13.7. The van der Waals surface area contributed by atoms with E-state index in [4.69, 9.17) is 4.42 Å². The lowest BCUT2D eigenvalue weighted by Crippen LogP contribution is -2.38. The topological polar surface area (TPSA) is 45.5 Å². The van der Waals surface area contributed by atoms with E-state index in [1.165, 1.54) is 6.07 Å². The van der Waals surface area contributed by atoms with E-state index in [-0.39, 0.29) is 12.6 Å². The number of amides is 1. The molecule has 0 radical (unpaired) electrons. The van der Waals surface area contributed by atoms with Crippen LogP contribution in [0, 0.1) is 11.6 Å². The van der Waals surface area contributed by atoms with Gasteiger partial charge in [0.1, 0.15) is 23.0 Å². The van der Waals surface area contributed by atoms with Gasteiger partial charge in [-0.1, -0.05) is 19.9 Å². The summed E-state index contributed by atoms with van der Waals surface area (Å²) < 4.78 is 32.7. The Balaban J connectivity index is 2.14. The standard InChI is InChI=1S/C17H20F2N2O2/c1-3-21(4-2)14(15-9-6-10-23-15)11-20-17(22)16-12(18)7-5-8-13(16)19/h5-10,14H,3-4,11H2,1-2H3,(H,20,22)/t14-/m1/s1. The molecule has 0 saturated carbocycles. The summed E-state index contributed by atoms with van der Waals surface area (Å²) in [5, 5.41) is 2.60. The third-order valence-corrected chi connectivity index (χ3v) is 3.77. The molecule has 23 heavy (non-hydrogen) atoms. The second kappa shape index (κ2) is 7.87. The molecule has 2 aromatic rings. The lowest BCUT2D eigenvalue weighted by Gasteiger charge is -2.28. The van der Waals surface area contributed by atoms with E-state index in [0.717, 1.165) is 25.2 Å². The molecule has 1 aromatic carbocycles. The molecule has 1 aromatic heterocycles. The second-order valence-electron chi connectivity index (χ2n) is 5.06. The number of halogens is 2. The molecule has 0 fully saturated rings. The Kier molecular flexibility index (Phi) is 5.87. The highest BCUT2D eigenvalue weighted by atomic mass is 19.1. The summed E-state index contributed by atoms with van der Waals surface area (Å²) in [6.07, 6.45) is 1.56. The minimum atomic E-state index is -0.875. The van der Waals surface area contributed by atoms with Crippen LogP contribution in [0.1, 0.15) is 36.0 Å². The zero-order valence-electron chi connectivity index (χ0n) is 13.2. The average molecular weight is 322 g/mol. The number of furan rings is 1. The van der Waals surface area contributed by atoms with Gasteiger partial charge in [-0.25, -0.2) is 8.78 Å². The van der Waals surface area contributed by atoms with Crippen molar-refractivity contribution in [1.29, 1.82) is 0 Å². The Labute approximate surface area is 134 Å². The zero-order valence-corrected chi connectivity index (χ0v) is 13.2. The fourth-order valence-corrected chi connectivity index (χ4v) is 2.55. The molecular weight excluding hydrogens is 302 g/mol. The van der Waals surface area contributed by atoms with Gasteiger partial charge in [-0.3, -0.25) is 9.69 Å². The van der Waals surface area contributed by atoms with E-state index in [1.807, 2.05) is 19.9 Å². The largest absolute Gasteiger partial charge is 0.468 e. The Bertz CT molecular complexity index is 620. The van der Waals surface area contributed by atoms with Crippen LogP contribution in [-0.4, -0.2) is 30.4 Å². The Morgan fingerprint density at radius 3 is 2.35 bits per heavy atom. The Morgan fingerprint density at radius 1 is 1.17 bits per heavy atom. The van der Waals surface area contributed by atoms with Gasteiger partial charge in [-0.15, -0.1) is 0 Å². The fourth-order valence-electron chi connectivity index (χ4n) is 2.55. The molecule has 4 nitrogen and oxygen atoms in total. The molecule has 1 amide bonds. The number of nitrogens with zero attached hydrogens (tertiary/aromatic N) is 1. The van der Waals surface area contributed by atoms with Gasteiger partial charge in [-0.2, -0.15) is 0 Å². The van der Waals surface area contributed by atoms with Crippen molar-refractivity contribution in [2.24, 2.45) is 0 Å². The van der Waals surface area contributed by atoms with E-state index in [0.29, 0.717) is 5.76 Å². The summed E-state index contributed by atoms with van der Waals surface area (Å²) in [6.45, 7) is 5.70. The van der Waals surface area contributed by atoms with Crippen molar-refractivity contribution in [3.63, 3.8) is 0 Å². The summed E-state index contributed by atoms with van der Waals surface area (Å²) in [6, 6.07) is 6.74. The van der Waals surface area contributed by atoms with Crippen molar-refractivity contribution >= 4 is 5.91 Å². The van der Waals surface area contributed by atoms with E-state index >= 15 is 0 Å². The molecule has 0 bridgehead atoms. The first-order valence-electron chi connectivity index (χ1n) is 7.58. The smallest absolute Gasteiger partial charge is 0.257 e. The molecule has 0 saturated heterocycles. The Morgan fingerprint density at radius 2 is 1.83 bits per heavy atom. The zero-order chi connectivity index (χ0) is 16.8. The number of carbonyl (C=O) groups excluding carboxylic acids is 1. The van der Waals surface area contributed by atoms with E-state index in [1.54, 1.807) is 12.3 Å². The van der Waals surface area contributed by atoms with Crippen molar-refractivity contribution in [3.05, 3.63) is 59.6 Å². The van der Waals surface area contributed by atoms with Crippen molar-refractivity contribution in [3.8, 4) is 0 Å². The van der Waals surface area contributed by atoms with E-state index < -0.39 is 23.1 Å². The summed E-state index contributed by atoms with van der Waals surface area (Å²) in [5.74, 6) is -1.83. The van der Waals surface area contributed by atoms with Gasteiger partial charge in [0, 0.05) is 6.54 Å². The molecule has 6 heteroatoms. The third-order valence-electron chi connectivity index (χ3n) is 3.77. The second-order valence-corrected chi connectivity index (χ2v) is 5.06. The monoisotopic (exact) mass is 322 g/mol. The highest BCUT2D eigenvalue weighted by Crippen LogP contribution is 2.20. The van der Waals surface area contributed by atoms with Crippen LogP contribution in [0.4, 0.5) is 8.78 Å². The molecule has 124 valence electrons. The van der Waals surface area contributed by atoms with Crippen molar-refractivity contribution < 1.29 is 18.0 Å². The summed E-state index contributed by atoms with van der Waals surface area (Å²) >= 11 is 0. The maximum atomic E-state index is 13.7. The number of nitrogens with one attached hydrogen (secondary N) is 1. The first-order chi connectivity index (χ1) is 11.1. The van der Waals surface area contributed by atoms with E-state index in [2.05, 4.69) is 10.2 Å². The number of rotatable bonds is 7. The van der Waals surface area contributed by atoms with Crippen LogP contribution >= 0.6 is 0 Å². The molecule has 0 aliphatic heterocycles. The summed E-state index contributed by atoms with van der Waals surface area (Å²) in [5.41, 5.74) is -0.565. The number of benzene rings is 1. The number of hydrogen-bond acceptors (Lipinski definition) is 3. The summed E-state index contributed by atoms with van der Waals surface area (Å²) in [4.78, 5) is 14.2. The molecule has 1 heterocycles. The minimum Gasteiger partial charge on any atom is -0.468 e. The molecule has 2 rings (SSSR count). The van der Waals surface area contributed by atoms with Crippen LogP contribution in [0.5, 0.6) is 0 Å². The number of carbonyl (C=O) groups is 1. The van der Waals surface area contributed by atoms with Crippen LogP contribution in [0.15, 0.2) is 41.0 Å². The minimum absolute atomic E-state index is 0.196. The van der Waals surface area contributed by atoms with Crippen LogP contribution < -0.4 is 5.32 Å². The van der Waals surface area contributed by atoms with Gasteiger partial charge >= 0.3 is 0 Å². The van der Waals surface area contributed by atoms with Crippen molar-refractivity contribution in [2.75, 3.05) is 19.6 Å². The van der Waals surface area contributed by atoms with Crippen LogP contribution in [0.2, 0.25) is 0 Å². The molecule has 0 unspecified atom stereocenters. The number of likely N-dealkylation sites (N-methyl/N-ethyl adjacent to an activating group) is 1. The van der Waals surface area contributed by atoms with Gasteiger partial charge in [0.05, 0.1) is 12.3 Å². The van der Waals surface area contributed by atoms with Crippen LogP contribution in [0.25, 0.3) is 0 Å². The van der Waals surface area contributed by atoms with Gasteiger partial charge in [-0.05, 0) is 37.4 Å². The van der Waals surface area contributed by atoms with Crippen LogP contribution in [-0.2, 0) is 0 Å². The van der Waals surface area contributed by atoms with Crippen molar-refractivity contribution in [2.45, 2.75) is 19.9 Å². The Hall–Kier alpha value is -2.21. The average Bonchev–Trinajstić information content (AvgIpc) is 3.05. The highest BCUT2D eigenvalue weighted by molar-refractivity contribution is 5.94. The third kappa shape index (κ3) is 3.96. The molecule has 0 spiro atoms. The first kappa shape index (κ1) is 17.1. The SMILES string of the molecule is CCN(CC)[C@H](CNC(=O)c1c(F)cccc1F)c1ccco1. The first-order valence-corrected chi connectivity index (χ1v) is 7.58. The molecule has 0 aliphatic carbocycles. The molecule has 0 aliphatic rings. The van der Waals surface area contributed by atoms with Gasteiger partial charge in [0.25, 0.3) is 5.91 Å². The quantitative estimate of drug-likeness (QED) is 0.850. The van der Waals surface area contributed by atoms with Gasteiger partial charge < -0.3 is 9.73 Å². The van der Waals surface area contributed by atoms with Crippen molar-refractivity contribution in [1.82, 2.24) is 10.2 Å². The van der Waals surface area contributed by atoms with Crippen LogP contribution in [0.3, 0.4) is 0 Å². The molecule has 1 N–H and O–H groups in total. The normalized spacial score (nSPS) is 12.4. The lowest BCUT2D eigenvalue weighted by molar-refractivity contribution is 0.0921. The number of hydrogen-bond donors (Lipinski definition) is 1. The fraction of sp³-hybridized carbons (Fsp3) is 0.353. The molecule has 1 atom stereocenters.